The van der Waals surface area contributed by atoms with Gasteiger partial charge in [-0.15, -0.1) is 0 Å². The van der Waals surface area contributed by atoms with Gasteiger partial charge in [0.15, 0.2) is 0 Å². The van der Waals surface area contributed by atoms with Gasteiger partial charge in [0.2, 0.25) is 5.91 Å². The summed E-state index contributed by atoms with van der Waals surface area (Å²) in [6.07, 6.45) is 0.183. The van der Waals surface area contributed by atoms with Crippen LogP contribution in [0.3, 0.4) is 0 Å². The van der Waals surface area contributed by atoms with Crippen molar-refractivity contribution >= 4 is 28.4 Å². The van der Waals surface area contributed by atoms with Crippen LogP contribution in [0.25, 0.3) is 27.7 Å². The molecule has 0 radical (unpaired) electrons. The highest BCUT2D eigenvalue weighted by Gasteiger charge is 2.28. The van der Waals surface area contributed by atoms with E-state index in [1.807, 2.05) is 49.4 Å². The zero-order valence-electron chi connectivity index (χ0n) is 25.0. The minimum Gasteiger partial charge on any atom is -0.379 e. The van der Waals surface area contributed by atoms with Crippen LogP contribution in [0, 0.1) is 5.82 Å². The average molecular weight is 625 g/mol. The molecule has 0 saturated carbocycles. The molecule has 1 aliphatic heterocycles. The number of hydrogen-bond donors (Lipinski definition) is 0. The first-order valence-corrected chi connectivity index (χ1v) is 15.5. The number of nitrogens with zero attached hydrogens (tertiary/aromatic N) is 4. The van der Waals surface area contributed by atoms with E-state index in [0.29, 0.717) is 43.3 Å². The Labute approximate surface area is 266 Å². The summed E-state index contributed by atoms with van der Waals surface area (Å²) >= 11 is 6.47. The van der Waals surface area contributed by atoms with Crippen LogP contribution in [0.5, 0.6) is 0 Å². The Kier molecular flexibility index (Phi) is 9.35. The number of hydrogen-bond acceptors (Lipinski definition) is 5. The Morgan fingerprint density at radius 2 is 1.62 bits per heavy atom. The van der Waals surface area contributed by atoms with Crippen LogP contribution in [0.2, 0.25) is 5.02 Å². The molecule has 45 heavy (non-hydrogen) atoms. The third-order valence-corrected chi connectivity index (χ3v) is 8.61. The summed E-state index contributed by atoms with van der Waals surface area (Å²) in [6, 6.07) is 28.3. The zero-order chi connectivity index (χ0) is 31.3. The lowest BCUT2D eigenvalue weighted by molar-refractivity contribution is -0.133. The van der Waals surface area contributed by atoms with Crippen molar-refractivity contribution in [1.29, 1.82) is 0 Å². The van der Waals surface area contributed by atoms with Crippen LogP contribution in [0.15, 0.2) is 102 Å². The molecule has 1 atom stereocenters. The Balaban J connectivity index is 1.37. The van der Waals surface area contributed by atoms with E-state index in [1.165, 1.54) is 28.8 Å². The third-order valence-electron chi connectivity index (χ3n) is 8.30. The smallest absolute Gasteiger partial charge is 0.267 e. The van der Waals surface area contributed by atoms with Gasteiger partial charge in [-0.05, 0) is 60.0 Å². The zero-order valence-corrected chi connectivity index (χ0v) is 25.8. The second-order valence-corrected chi connectivity index (χ2v) is 11.6. The van der Waals surface area contributed by atoms with E-state index in [-0.39, 0.29) is 28.3 Å². The highest BCUT2D eigenvalue weighted by molar-refractivity contribution is 6.35. The molecule has 4 aromatic carbocycles. The van der Waals surface area contributed by atoms with Crippen molar-refractivity contribution in [3.8, 4) is 16.8 Å². The first kappa shape index (κ1) is 30.6. The number of carbonyl (C=O) groups is 1. The molecule has 6 rings (SSSR count). The molecule has 0 N–H and O–H groups in total. The number of morpholine rings is 1. The standard InChI is InChI=1S/C36H34ClFN4O3/c1-25(35-39-32-9-5-8-31(37)34(32)36(44)42(35)30-16-14-29(38)15-17-30)41(19-18-40-20-22-45-23-21-40)33(43)24-26-10-12-28(13-11-26)27-6-3-2-4-7-27/h2-17,25H,18-24H2,1H3. The van der Waals surface area contributed by atoms with Gasteiger partial charge in [-0.1, -0.05) is 72.3 Å². The fourth-order valence-electron chi connectivity index (χ4n) is 5.80. The fraction of sp³-hybridized carbons (Fsp3) is 0.250. The molecule has 1 aliphatic rings. The molecule has 1 fully saturated rings. The van der Waals surface area contributed by atoms with E-state index in [4.69, 9.17) is 21.3 Å². The van der Waals surface area contributed by atoms with Crippen molar-refractivity contribution in [2.24, 2.45) is 0 Å². The van der Waals surface area contributed by atoms with Gasteiger partial charge in [0.1, 0.15) is 11.6 Å². The van der Waals surface area contributed by atoms with Crippen LogP contribution in [-0.4, -0.2) is 64.7 Å². The van der Waals surface area contributed by atoms with Crippen molar-refractivity contribution in [1.82, 2.24) is 19.4 Å². The Bertz CT molecular complexity index is 1840. The summed E-state index contributed by atoms with van der Waals surface area (Å²) in [6.45, 7) is 5.81. The van der Waals surface area contributed by atoms with Crippen LogP contribution in [0.4, 0.5) is 4.39 Å². The number of amides is 1. The van der Waals surface area contributed by atoms with Gasteiger partial charge >= 0.3 is 0 Å². The Hall–Kier alpha value is -4.37. The van der Waals surface area contributed by atoms with E-state index in [0.717, 1.165) is 29.8 Å². The van der Waals surface area contributed by atoms with Crippen LogP contribution < -0.4 is 5.56 Å². The molecule has 2 heterocycles. The molecule has 1 amide bonds. The van der Waals surface area contributed by atoms with Gasteiger partial charge in [0, 0.05) is 26.2 Å². The summed E-state index contributed by atoms with van der Waals surface area (Å²) in [5.41, 5.74) is 3.57. The van der Waals surface area contributed by atoms with Crippen LogP contribution in [-0.2, 0) is 16.0 Å². The number of carbonyl (C=O) groups excluding carboxylic acids is 1. The molecule has 1 saturated heterocycles. The van der Waals surface area contributed by atoms with Gasteiger partial charge in [-0.2, -0.15) is 0 Å². The number of rotatable bonds is 9. The monoisotopic (exact) mass is 624 g/mol. The predicted octanol–water partition coefficient (Wildman–Crippen LogP) is 6.31. The van der Waals surface area contributed by atoms with Crippen molar-refractivity contribution in [2.75, 3.05) is 39.4 Å². The summed E-state index contributed by atoms with van der Waals surface area (Å²) in [5.74, 6) is -0.140. The fourth-order valence-corrected chi connectivity index (χ4v) is 6.05. The minimum atomic E-state index is -0.594. The van der Waals surface area contributed by atoms with Gasteiger partial charge in [0.05, 0.1) is 47.3 Å². The Morgan fingerprint density at radius 3 is 2.33 bits per heavy atom. The van der Waals surface area contributed by atoms with Gasteiger partial charge < -0.3 is 9.64 Å². The van der Waals surface area contributed by atoms with Crippen LogP contribution >= 0.6 is 11.6 Å². The van der Waals surface area contributed by atoms with Gasteiger partial charge in [0.25, 0.3) is 5.56 Å². The highest BCUT2D eigenvalue weighted by Crippen LogP contribution is 2.27. The summed E-state index contributed by atoms with van der Waals surface area (Å²) < 4.78 is 20.9. The lowest BCUT2D eigenvalue weighted by Gasteiger charge is -2.34. The van der Waals surface area contributed by atoms with Crippen molar-refractivity contribution in [3.63, 3.8) is 0 Å². The normalized spacial score (nSPS) is 14.4. The third kappa shape index (κ3) is 6.83. The van der Waals surface area contributed by atoms with E-state index in [1.54, 1.807) is 23.1 Å². The van der Waals surface area contributed by atoms with Gasteiger partial charge in [-0.3, -0.25) is 19.1 Å². The van der Waals surface area contributed by atoms with E-state index >= 15 is 0 Å². The summed E-state index contributed by atoms with van der Waals surface area (Å²) in [5, 5.41) is 0.545. The second-order valence-electron chi connectivity index (χ2n) is 11.2. The molecular formula is C36H34ClFN4O3. The molecule has 7 nitrogen and oxygen atoms in total. The topological polar surface area (TPSA) is 67.7 Å². The number of aromatic nitrogens is 2. The first-order valence-electron chi connectivity index (χ1n) is 15.1. The number of benzene rings is 4. The average Bonchev–Trinajstić information content (AvgIpc) is 3.06. The molecule has 0 aliphatic carbocycles. The first-order chi connectivity index (χ1) is 21.9. The van der Waals surface area contributed by atoms with Gasteiger partial charge in [-0.25, -0.2) is 9.37 Å². The summed E-state index contributed by atoms with van der Waals surface area (Å²) in [4.78, 5) is 37.1. The van der Waals surface area contributed by atoms with Crippen molar-refractivity contribution in [3.05, 3.63) is 130 Å². The largest absolute Gasteiger partial charge is 0.379 e. The molecule has 230 valence electrons. The molecule has 1 unspecified atom stereocenters. The second kappa shape index (κ2) is 13.7. The van der Waals surface area contributed by atoms with Crippen molar-refractivity contribution < 1.29 is 13.9 Å². The van der Waals surface area contributed by atoms with Crippen LogP contribution in [0.1, 0.15) is 24.4 Å². The van der Waals surface area contributed by atoms with E-state index in [9.17, 15) is 14.0 Å². The molecule has 5 aromatic rings. The Morgan fingerprint density at radius 1 is 0.933 bits per heavy atom. The maximum Gasteiger partial charge on any atom is 0.267 e. The molecular weight excluding hydrogens is 591 g/mol. The lowest BCUT2D eigenvalue weighted by atomic mass is 10.0. The lowest BCUT2D eigenvalue weighted by Crippen LogP contribution is -2.45. The molecule has 1 aromatic heterocycles. The quantitative estimate of drug-likeness (QED) is 0.192. The number of fused-ring (bicyclic) bond motifs is 1. The number of ether oxygens (including phenoxy) is 1. The minimum absolute atomic E-state index is 0.0886. The predicted molar refractivity (Wildman–Crippen MR) is 175 cm³/mol. The highest BCUT2D eigenvalue weighted by atomic mass is 35.5. The molecule has 9 heteroatoms. The molecule has 0 bridgehead atoms. The summed E-state index contributed by atoms with van der Waals surface area (Å²) in [7, 11) is 0. The molecule has 0 spiro atoms. The maximum atomic E-state index is 14.1. The number of halogens is 2. The SMILES string of the molecule is CC(c1nc2cccc(Cl)c2c(=O)n1-c1ccc(F)cc1)N(CCN1CCOCC1)C(=O)Cc1ccc(-c2ccccc2)cc1. The van der Waals surface area contributed by atoms with E-state index < -0.39 is 11.9 Å². The maximum absolute atomic E-state index is 14.1. The van der Waals surface area contributed by atoms with E-state index in [2.05, 4.69) is 17.0 Å². The van der Waals surface area contributed by atoms with Crippen molar-refractivity contribution in [2.45, 2.75) is 19.4 Å².